The van der Waals surface area contributed by atoms with Gasteiger partial charge in [0.15, 0.2) is 0 Å². The lowest BCUT2D eigenvalue weighted by Gasteiger charge is -2.26. The molecule has 0 bridgehead atoms. The number of aryl methyl sites for hydroxylation is 1. The van der Waals surface area contributed by atoms with Crippen LogP contribution in [0.2, 0.25) is 0 Å². The number of aliphatic hydroxyl groups is 1. The minimum atomic E-state index is -0.739. The summed E-state index contributed by atoms with van der Waals surface area (Å²) in [5.41, 5.74) is 1.92. The number of carbonyl (C=O) groups excluding carboxylic acids is 1. The number of hydrogen-bond acceptors (Lipinski definition) is 3. The van der Waals surface area contributed by atoms with Crippen LogP contribution < -0.4 is 10.2 Å². The minimum Gasteiger partial charge on any atom is -0.389 e. The first-order valence-corrected chi connectivity index (χ1v) is 6.49. The molecule has 0 spiro atoms. The molecule has 4 nitrogen and oxygen atoms in total. The van der Waals surface area contributed by atoms with Gasteiger partial charge in [0.1, 0.15) is 5.82 Å². The summed E-state index contributed by atoms with van der Waals surface area (Å²) in [5, 5.41) is 12.6. The van der Waals surface area contributed by atoms with E-state index < -0.39 is 6.10 Å². The summed E-state index contributed by atoms with van der Waals surface area (Å²) >= 11 is 0. The van der Waals surface area contributed by atoms with Gasteiger partial charge in [0.05, 0.1) is 6.10 Å². The van der Waals surface area contributed by atoms with Gasteiger partial charge in [-0.05, 0) is 31.5 Å². The summed E-state index contributed by atoms with van der Waals surface area (Å²) in [6.07, 6.45) is -0.327. The van der Waals surface area contributed by atoms with E-state index in [2.05, 4.69) is 5.32 Å². The molecule has 1 fully saturated rings. The highest BCUT2D eigenvalue weighted by atomic mass is 19.1. The third-order valence-electron chi connectivity index (χ3n) is 3.41. The van der Waals surface area contributed by atoms with Gasteiger partial charge in [-0.25, -0.2) is 4.39 Å². The minimum absolute atomic E-state index is 0.0277. The van der Waals surface area contributed by atoms with E-state index in [9.17, 15) is 14.3 Å². The molecule has 0 aromatic heterocycles. The molecule has 0 aliphatic carbocycles. The van der Waals surface area contributed by atoms with Crippen LogP contribution in [0.15, 0.2) is 12.1 Å². The molecule has 0 radical (unpaired) electrons. The van der Waals surface area contributed by atoms with Crippen molar-refractivity contribution in [3.8, 4) is 0 Å². The van der Waals surface area contributed by atoms with Gasteiger partial charge in [-0.1, -0.05) is 0 Å². The van der Waals surface area contributed by atoms with Crippen LogP contribution in [0.4, 0.5) is 10.1 Å². The zero-order chi connectivity index (χ0) is 14.0. The van der Waals surface area contributed by atoms with Crippen LogP contribution in [0.1, 0.15) is 30.6 Å². The fraction of sp³-hybridized carbons (Fsp3) is 0.500. The fourth-order valence-corrected chi connectivity index (χ4v) is 2.30. The Bertz CT molecular complexity index is 489. The highest BCUT2D eigenvalue weighted by Gasteiger charge is 2.19. The van der Waals surface area contributed by atoms with E-state index in [1.807, 2.05) is 4.90 Å². The van der Waals surface area contributed by atoms with E-state index in [1.165, 1.54) is 6.07 Å². The molecule has 2 rings (SSSR count). The Kier molecular flexibility index (Phi) is 4.04. The molecule has 0 saturated carbocycles. The third-order valence-corrected chi connectivity index (χ3v) is 3.41. The number of amides is 1. The largest absolute Gasteiger partial charge is 0.389 e. The van der Waals surface area contributed by atoms with E-state index in [1.54, 1.807) is 19.9 Å². The first-order valence-electron chi connectivity index (χ1n) is 6.49. The van der Waals surface area contributed by atoms with Crippen molar-refractivity contribution in [3.63, 3.8) is 0 Å². The molecule has 2 N–H and O–H groups in total. The Morgan fingerprint density at radius 3 is 2.84 bits per heavy atom. The zero-order valence-electron chi connectivity index (χ0n) is 11.2. The number of benzene rings is 1. The first kappa shape index (κ1) is 13.8. The monoisotopic (exact) mass is 266 g/mol. The highest BCUT2D eigenvalue weighted by molar-refractivity contribution is 5.77. The second-order valence-electron chi connectivity index (χ2n) is 4.92. The first-order chi connectivity index (χ1) is 8.99. The van der Waals surface area contributed by atoms with Crippen LogP contribution in [0, 0.1) is 12.7 Å². The smallest absolute Gasteiger partial charge is 0.221 e. The second kappa shape index (κ2) is 5.57. The van der Waals surface area contributed by atoms with Gasteiger partial charge in [0, 0.05) is 37.3 Å². The molecule has 1 aliphatic rings. The van der Waals surface area contributed by atoms with Crippen molar-refractivity contribution >= 4 is 11.6 Å². The van der Waals surface area contributed by atoms with Gasteiger partial charge < -0.3 is 15.3 Å². The molecule has 1 aromatic carbocycles. The molecule has 1 aliphatic heterocycles. The van der Waals surface area contributed by atoms with Crippen molar-refractivity contribution in [1.82, 2.24) is 5.32 Å². The van der Waals surface area contributed by atoms with Crippen molar-refractivity contribution in [2.45, 2.75) is 26.4 Å². The quantitative estimate of drug-likeness (QED) is 0.853. The summed E-state index contributed by atoms with van der Waals surface area (Å²) in [5.74, 6) is -0.288. The van der Waals surface area contributed by atoms with Crippen molar-refractivity contribution in [3.05, 3.63) is 29.1 Å². The molecule has 19 heavy (non-hydrogen) atoms. The Balaban J connectivity index is 2.36. The number of halogens is 1. The van der Waals surface area contributed by atoms with Crippen molar-refractivity contribution in [2.24, 2.45) is 0 Å². The fourth-order valence-electron chi connectivity index (χ4n) is 2.30. The SMILES string of the molecule is Cc1cc(N2CCNC(=O)CC2)c([C@H](C)O)cc1F. The highest BCUT2D eigenvalue weighted by Crippen LogP contribution is 2.29. The van der Waals surface area contributed by atoms with E-state index >= 15 is 0 Å². The van der Waals surface area contributed by atoms with Crippen LogP contribution in [-0.4, -0.2) is 30.6 Å². The molecular formula is C14H19FN2O2. The Hall–Kier alpha value is -1.62. The second-order valence-corrected chi connectivity index (χ2v) is 4.92. The predicted molar refractivity (Wildman–Crippen MR) is 71.6 cm³/mol. The lowest BCUT2D eigenvalue weighted by Crippen LogP contribution is -2.29. The summed E-state index contributed by atoms with van der Waals surface area (Å²) in [6.45, 7) is 5.13. The Morgan fingerprint density at radius 2 is 2.16 bits per heavy atom. The van der Waals surface area contributed by atoms with Crippen molar-refractivity contribution in [2.75, 3.05) is 24.5 Å². The van der Waals surface area contributed by atoms with Gasteiger partial charge in [-0.3, -0.25) is 4.79 Å². The summed E-state index contributed by atoms with van der Waals surface area (Å²) in [7, 11) is 0. The molecule has 104 valence electrons. The number of aliphatic hydroxyl groups excluding tert-OH is 1. The lowest BCUT2D eigenvalue weighted by atomic mass is 10.0. The van der Waals surface area contributed by atoms with Gasteiger partial charge in [-0.15, -0.1) is 0 Å². The summed E-state index contributed by atoms with van der Waals surface area (Å²) in [6, 6.07) is 3.13. The van der Waals surface area contributed by atoms with Gasteiger partial charge in [0.25, 0.3) is 0 Å². The normalized spacial score (nSPS) is 17.9. The van der Waals surface area contributed by atoms with Crippen LogP contribution in [0.25, 0.3) is 0 Å². The predicted octanol–water partition coefficient (Wildman–Crippen LogP) is 1.51. The number of nitrogens with one attached hydrogen (secondary N) is 1. The molecule has 1 saturated heterocycles. The molecule has 5 heteroatoms. The molecular weight excluding hydrogens is 247 g/mol. The van der Waals surface area contributed by atoms with Crippen molar-refractivity contribution < 1.29 is 14.3 Å². The number of anilines is 1. The zero-order valence-corrected chi connectivity index (χ0v) is 11.2. The number of hydrogen-bond donors (Lipinski definition) is 2. The summed E-state index contributed by atoms with van der Waals surface area (Å²) in [4.78, 5) is 13.4. The van der Waals surface area contributed by atoms with Gasteiger partial charge in [0.2, 0.25) is 5.91 Å². The third kappa shape index (κ3) is 3.04. The topological polar surface area (TPSA) is 52.6 Å². The Labute approximate surface area is 112 Å². The molecule has 0 unspecified atom stereocenters. The number of nitrogens with zero attached hydrogens (tertiary/aromatic N) is 1. The maximum Gasteiger partial charge on any atom is 0.221 e. The van der Waals surface area contributed by atoms with E-state index in [-0.39, 0.29) is 11.7 Å². The average molecular weight is 266 g/mol. The van der Waals surface area contributed by atoms with E-state index in [0.29, 0.717) is 37.2 Å². The number of carbonyl (C=O) groups is 1. The van der Waals surface area contributed by atoms with Crippen LogP contribution in [0.3, 0.4) is 0 Å². The standard InChI is InChI=1S/C14H19FN2O2/c1-9-7-13(11(10(2)18)8-12(9)15)17-5-3-14(19)16-4-6-17/h7-8,10,18H,3-6H2,1-2H3,(H,16,19)/t10-/m0/s1. The molecule has 1 aromatic rings. The maximum atomic E-state index is 13.6. The van der Waals surface area contributed by atoms with Crippen LogP contribution in [-0.2, 0) is 4.79 Å². The molecule has 1 amide bonds. The van der Waals surface area contributed by atoms with E-state index in [4.69, 9.17) is 0 Å². The maximum absolute atomic E-state index is 13.6. The van der Waals surface area contributed by atoms with Gasteiger partial charge in [-0.2, -0.15) is 0 Å². The van der Waals surface area contributed by atoms with E-state index in [0.717, 1.165) is 5.69 Å². The van der Waals surface area contributed by atoms with Crippen LogP contribution in [0.5, 0.6) is 0 Å². The average Bonchev–Trinajstić information content (AvgIpc) is 2.57. The Morgan fingerprint density at radius 1 is 1.42 bits per heavy atom. The number of rotatable bonds is 2. The molecule has 1 atom stereocenters. The van der Waals surface area contributed by atoms with Crippen molar-refractivity contribution in [1.29, 1.82) is 0 Å². The molecule has 1 heterocycles. The van der Waals surface area contributed by atoms with Gasteiger partial charge >= 0.3 is 0 Å². The lowest BCUT2D eigenvalue weighted by molar-refractivity contribution is -0.120. The summed E-state index contributed by atoms with van der Waals surface area (Å²) < 4.78 is 13.6. The van der Waals surface area contributed by atoms with Crippen LogP contribution >= 0.6 is 0 Å².